The van der Waals surface area contributed by atoms with Gasteiger partial charge in [0.15, 0.2) is 0 Å². The molecule has 3 aromatic carbocycles. The molecular formula is C20H17NO. The maximum absolute atomic E-state index is 12.2. The number of fused-ring (bicyclic) bond motifs is 1. The first-order chi connectivity index (χ1) is 10.7. The van der Waals surface area contributed by atoms with Crippen LogP contribution in [0.1, 0.15) is 12.5 Å². The highest BCUT2D eigenvalue weighted by molar-refractivity contribution is 6.06. The first kappa shape index (κ1) is 14.1. The molecular weight excluding hydrogens is 270 g/mol. The Morgan fingerprint density at radius 1 is 0.864 bits per heavy atom. The largest absolute Gasteiger partial charge is 0.322 e. The Bertz CT molecular complexity index is 834. The Labute approximate surface area is 130 Å². The number of amides is 1. The molecule has 2 nitrogen and oxygen atoms in total. The minimum Gasteiger partial charge on any atom is -0.322 e. The Balaban J connectivity index is 1.81. The highest BCUT2D eigenvalue weighted by atomic mass is 16.1. The topological polar surface area (TPSA) is 29.1 Å². The number of nitrogens with one attached hydrogen (secondary N) is 1. The van der Waals surface area contributed by atoms with Crippen LogP contribution in [0.25, 0.3) is 16.8 Å². The summed E-state index contributed by atoms with van der Waals surface area (Å²) >= 11 is 0. The van der Waals surface area contributed by atoms with Gasteiger partial charge in [0, 0.05) is 11.3 Å². The molecule has 2 heteroatoms. The minimum absolute atomic E-state index is 0.0839. The maximum Gasteiger partial charge on any atom is 0.251 e. The van der Waals surface area contributed by atoms with E-state index in [0.717, 1.165) is 11.3 Å². The van der Waals surface area contributed by atoms with Gasteiger partial charge in [0.25, 0.3) is 5.91 Å². The fraction of sp³-hybridized carbons (Fsp3) is 0.0500. The van der Waals surface area contributed by atoms with Crippen molar-refractivity contribution in [2.45, 2.75) is 6.92 Å². The quantitative estimate of drug-likeness (QED) is 0.683. The third-order valence-electron chi connectivity index (χ3n) is 3.55. The summed E-state index contributed by atoms with van der Waals surface area (Å²) in [7, 11) is 0. The van der Waals surface area contributed by atoms with Crippen molar-refractivity contribution in [1.82, 2.24) is 0 Å². The third kappa shape index (κ3) is 3.23. The second-order valence-electron chi connectivity index (χ2n) is 5.25. The summed E-state index contributed by atoms with van der Waals surface area (Å²) in [6, 6.07) is 23.9. The van der Waals surface area contributed by atoms with E-state index in [4.69, 9.17) is 0 Å². The number of hydrogen-bond acceptors (Lipinski definition) is 1. The van der Waals surface area contributed by atoms with E-state index in [9.17, 15) is 4.79 Å². The Kier molecular flexibility index (Phi) is 4.01. The summed E-state index contributed by atoms with van der Waals surface area (Å²) in [5, 5.41) is 5.27. The highest BCUT2D eigenvalue weighted by Gasteiger charge is 2.04. The van der Waals surface area contributed by atoms with Gasteiger partial charge in [-0.2, -0.15) is 0 Å². The fourth-order valence-electron chi connectivity index (χ4n) is 2.36. The van der Waals surface area contributed by atoms with Gasteiger partial charge in [0.1, 0.15) is 0 Å². The van der Waals surface area contributed by atoms with Crippen LogP contribution in [0.2, 0.25) is 0 Å². The standard InChI is InChI=1S/C20H17NO/c1-15(20(22)21-19-9-3-2-4-10-19)13-16-11-12-17-7-5-6-8-18(17)14-16/h2-14H,1H3,(H,21,22)/b15-13+. The van der Waals surface area contributed by atoms with E-state index in [1.54, 1.807) is 0 Å². The molecule has 0 aliphatic rings. The summed E-state index contributed by atoms with van der Waals surface area (Å²) < 4.78 is 0. The maximum atomic E-state index is 12.2. The second kappa shape index (κ2) is 6.27. The van der Waals surface area contributed by atoms with Crippen molar-refractivity contribution in [1.29, 1.82) is 0 Å². The van der Waals surface area contributed by atoms with Crippen LogP contribution >= 0.6 is 0 Å². The number of para-hydroxylation sites is 1. The molecule has 0 bridgehead atoms. The number of anilines is 1. The molecule has 1 amide bonds. The smallest absolute Gasteiger partial charge is 0.251 e. The number of carbonyl (C=O) groups excluding carboxylic acids is 1. The van der Waals surface area contributed by atoms with Crippen molar-refractivity contribution in [3.8, 4) is 0 Å². The zero-order valence-corrected chi connectivity index (χ0v) is 12.4. The van der Waals surface area contributed by atoms with Gasteiger partial charge in [0.2, 0.25) is 0 Å². The summed E-state index contributed by atoms with van der Waals surface area (Å²) in [6.45, 7) is 1.83. The van der Waals surface area contributed by atoms with Crippen molar-refractivity contribution in [3.05, 3.63) is 83.9 Å². The highest BCUT2D eigenvalue weighted by Crippen LogP contribution is 2.18. The first-order valence-corrected chi connectivity index (χ1v) is 7.26. The summed E-state index contributed by atoms with van der Waals surface area (Å²) in [4.78, 5) is 12.2. The van der Waals surface area contributed by atoms with E-state index < -0.39 is 0 Å². The van der Waals surface area contributed by atoms with Crippen molar-refractivity contribution in [3.63, 3.8) is 0 Å². The van der Waals surface area contributed by atoms with Crippen LogP contribution in [-0.4, -0.2) is 5.91 Å². The predicted molar refractivity (Wildman–Crippen MR) is 92.7 cm³/mol. The lowest BCUT2D eigenvalue weighted by atomic mass is 10.1. The van der Waals surface area contributed by atoms with Crippen LogP contribution < -0.4 is 5.32 Å². The van der Waals surface area contributed by atoms with E-state index in [1.807, 2.05) is 61.5 Å². The summed E-state index contributed by atoms with van der Waals surface area (Å²) in [5.74, 6) is -0.0839. The summed E-state index contributed by atoms with van der Waals surface area (Å²) in [5.41, 5.74) is 2.51. The lowest BCUT2D eigenvalue weighted by Gasteiger charge is -2.06. The van der Waals surface area contributed by atoms with Crippen molar-refractivity contribution in [2.75, 3.05) is 5.32 Å². The van der Waals surface area contributed by atoms with Crippen LogP contribution in [0, 0.1) is 0 Å². The zero-order valence-electron chi connectivity index (χ0n) is 12.4. The molecule has 0 aliphatic heterocycles. The van der Waals surface area contributed by atoms with Crippen LogP contribution in [0.15, 0.2) is 78.4 Å². The van der Waals surface area contributed by atoms with Crippen LogP contribution in [-0.2, 0) is 4.79 Å². The Morgan fingerprint density at radius 3 is 2.32 bits per heavy atom. The molecule has 0 saturated carbocycles. The molecule has 22 heavy (non-hydrogen) atoms. The molecule has 0 aromatic heterocycles. The van der Waals surface area contributed by atoms with Crippen molar-refractivity contribution in [2.24, 2.45) is 0 Å². The molecule has 0 heterocycles. The van der Waals surface area contributed by atoms with Gasteiger partial charge in [-0.25, -0.2) is 0 Å². The van der Waals surface area contributed by atoms with Gasteiger partial charge >= 0.3 is 0 Å². The van der Waals surface area contributed by atoms with Gasteiger partial charge in [0.05, 0.1) is 0 Å². The zero-order chi connectivity index (χ0) is 15.4. The molecule has 0 spiro atoms. The molecule has 0 aliphatic carbocycles. The Hall–Kier alpha value is -2.87. The molecule has 0 radical (unpaired) electrons. The van der Waals surface area contributed by atoms with Gasteiger partial charge in [-0.05, 0) is 47.5 Å². The molecule has 0 atom stereocenters. The third-order valence-corrected chi connectivity index (χ3v) is 3.55. The summed E-state index contributed by atoms with van der Waals surface area (Å²) in [6.07, 6.45) is 1.91. The number of rotatable bonds is 3. The van der Waals surface area contributed by atoms with Crippen LogP contribution in [0.3, 0.4) is 0 Å². The lowest BCUT2D eigenvalue weighted by Crippen LogP contribution is -2.12. The van der Waals surface area contributed by atoms with Crippen molar-refractivity contribution < 1.29 is 4.79 Å². The molecule has 0 fully saturated rings. The van der Waals surface area contributed by atoms with E-state index in [2.05, 4.69) is 29.6 Å². The van der Waals surface area contributed by atoms with E-state index in [0.29, 0.717) is 5.57 Å². The lowest BCUT2D eigenvalue weighted by molar-refractivity contribution is -0.112. The van der Waals surface area contributed by atoms with Crippen molar-refractivity contribution >= 4 is 28.4 Å². The molecule has 0 unspecified atom stereocenters. The fourth-order valence-corrected chi connectivity index (χ4v) is 2.36. The van der Waals surface area contributed by atoms with Gasteiger partial charge in [-0.15, -0.1) is 0 Å². The van der Waals surface area contributed by atoms with Gasteiger partial charge in [-0.1, -0.05) is 54.6 Å². The molecule has 0 saturated heterocycles. The van der Waals surface area contributed by atoms with E-state index in [1.165, 1.54) is 10.8 Å². The predicted octanol–water partition coefficient (Wildman–Crippen LogP) is 4.88. The van der Waals surface area contributed by atoms with Crippen LogP contribution in [0.5, 0.6) is 0 Å². The molecule has 1 N–H and O–H groups in total. The second-order valence-corrected chi connectivity index (χ2v) is 5.25. The number of benzene rings is 3. The molecule has 3 aromatic rings. The minimum atomic E-state index is -0.0839. The van der Waals surface area contributed by atoms with Gasteiger partial charge in [-0.3, -0.25) is 4.79 Å². The van der Waals surface area contributed by atoms with E-state index in [-0.39, 0.29) is 5.91 Å². The number of hydrogen-bond donors (Lipinski definition) is 1. The monoisotopic (exact) mass is 287 g/mol. The Morgan fingerprint density at radius 2 is 1.55 bits per heavy atom. The van der Waals surface area contributed by atoms with Gasteiger partial charge < -0.3 is 5.32 Å². The SMILES string of the molecule is C/C(=C\c1ccc2ccccc2c1)C(=O)Nc1ccccc1. The molecule has 3 rings (SSSR count). The number of carbonyl (C=O) groups is 1. The normalized spacial score (nSPS) is 11.4. The van der Waals surface area contributed by atoms with E-state index >= 15 is 0 Å². The average molecular weight is 287 g/mol. The first-order valence-electron chi connectivity index (χ1n) is 7.26. The average Bonchev–Trinajstić information content (AvgIpc) is 2.55. The molecule has 108 valence electrons. The van der Waals surface area contributed by atoms with Crippen LogP contribution in [0.4, 0.5) is 5.69 Å².